The molecule has 2 aromatic rings. The highest BCUT2D eigenvalue weighted by molar-refractivity contribution is 6.22. The number of nitrogens with one attached hydrogen (secondary N) is 1. The Morgan fingerprint density at radius 1 is 1.35 bits per heavy atom. The van der Waals surface area contributed by atoms with Crippen molar-refractivity contribution in [2.75, 3.05) is 40.3 Å². The number of aromatic amines is 1. The first-order chi connectivity index (χ1) is 11.0. The van der Waals surface area contributed by atoms with Crippen LogP contribution in [0.25, 0.3) is 10.9 Å². The van der Waals surface area contributed by atoms with E-state index in [9.17, 15) is 9.18 Å². The molecule has 0 fully saturated rings. The lowest BCUT2D eigenvalue weighted by atomic mass is 9.97. The summed E-state index contributed by atoms with van der Waals surface area (Å²) in [6.07, 6.45) is 0. The van der Waals surface area contributed by atoms with Gasteiger partial charge in [0.25, 0.3) is 0 Å². The van der Waals surface area contributed by atoms with Gasteiger partial charge in [-0.3, -0.25) is 14.7 Å². The first-order valence-corrected chi connectivity index (χ1v) is 7.81. The number of nitrogens with zero attached hydrogens (tertiary/aromatic N) is 3. The van der Waals surface area contributed by atoms with Crippen LogP contribution < -0.4 is 0 Å². The zero-order chi connectivity index (χ0) is 16.1. The Morgan fingerprint density at radius 3 is 2.96 bits per heavy atom. The number of H-pyrrole nitrogens is 1. The van der Waals surface area contributed by atoms with Gasteiger partial charge in [0.2, 0.25) is 0 Å². The Morgan fingerprint density at radius 2 is 2.17 bits per heavy atom. The number of hydrogen-bond acceptors (Lipinski definition) is 4. The summed E-state index contributed by atoms with van der Waals surface area (Å²) in [5, 5.41) is 0.843. The minimum Gasteiger partial charge on any atom is -0.357 e. The van der Waals surface area contributed by atoms with Crippen LogP contribution in [0.1, 0.15) is 21.6 Å². The van der Waals surface area contributed by atoms with Gasteiger partial charge in [0, 0.05) is 53.9 Å². The third-order valence-corrected chi connectivity index (χ3v) is 4.56. The van der Waals surface area contributed by atoms with E-state index in [1.165, 1.54) is 12.1 Å². The quantitative estimate of drug-likeness (QED) is 0.937. The van der Waals surface area contributed by atoms with Crippen LogP contribution in [-0.4, -0.2) is 66.6 Å². The van der Waals surface area contributed by atoms with Gasteiger partial charge in [0.1, 0.15) is 12.4 Å². The summed E-state index contributed by atoms with van der Waals surface area (Å²) in [4.78, 5) is 24.6. The van der Waals surface area contributed by atoms with Crippen LogP contribution in [0.4, 0.5) is 4.39 Å². The largest absolute Gasteiger partial charge is 0.357 e. The molecule has 0 atom stereocenters. The molecular weight excluding hydrogens is 295 g/mol. The number of rotatable bonds is 3. The Balaban J connectivity index is 1.83. The fourth-order valence-corrected chi connectivity index (χ4v) is 3.46. The van der Waals surface area contributed by atoms with Gasteiger partial charge >= 0.3 is 0 Å². The second-order valence-corrected chi connectivity index (χ2v) is 6.55. The minimum atomic E-state index is -0.382. The van der Waals surface area contributed by atoms with Gasteiger partial charge in [-0.05, 0) is 26.2 Å². The van der Waals surface area contributed by atoms with Crippen molar-refractivity contribution in [3.8, 4) is 0 Å². The topological polar surface area (TPSA) is 51.7 Å². The van der Waals surface area contributed by atoms with E-state index in [-0.39, 0.29) is 18.1 Å². The van der Waals surface area contributed by atoms with Gasteiger partial charge in [-0.1, -0.05) is 0 Å². The number of benzene rings is 1. The molecule has 0 saturated heterocycles. The smallest absolute Gasteiger partial charge is 0.185 e. The van der Waals surface area contributed by atoms with Crippen LogP contribution in [0, 0.1) is 5.82 Å². The summed E-state index contributed by atoms with van der Waals surface area (Å²) in [6, 6.07) is 2.81. The molecule has 6 heteroatoms. The van der Waals surface area contributed by atoms with E-state index in [2.05, 4.69) is 33.9 Å². The third-order valence-electron chi connectivity index (χ3n) is 4.56. The number of halogens is 1. The molecule has 2 aliphatic rings. The zero-order valence-electron chi connectivity index (χ0n) is 13.3. The predicted octanol–water partition coefficient (Wildman–Crippen LogP) is 1.67. The Kier molecular flexibility index (Phi) is 3.32. The first-order valence-electron chi connectivity index (χ1n) is 7.81. The number of carbonyl (C=O) groups excluding carboxylic acids is 1. The van der Waals surface area contributed by atoms with Crippen LogP contribution >= 0.6 is 0 Å². The summed E-state index contributed by atoms with van der Waals surface area (Å²) < 4.78 is 13.8. The molecule has 1 aromatic carbocycles. The molecule has 120 valence electrons. The number of likely N-dealkylation sites (N-methyl/N-ethyl adjacent to an activating group) is 1. The fraction of sp³-hybridized carbons (Fsp3) is 0.412. The van der Waals surface area contributed by atoms with E-state index in [1.54, 1.807) is 0 Å². The van der Waals surface area contributed by atoms with Crippen molar-refractivity contribution in [3.63, 3.8) is 0 Å². The number of aromatic nitrogens is 1. The molecule has 5 nitrogen and oxygen atoms in total. The van der Waals surface area contributed by atoms with Crippen molar-refractivity contribution in [2.24, 2.45) is 4.99 Å². The van der Waals surface area contributed by atoms with E-state index in [0.29, 0.717) is 11.1 Å². The van der Waals surface area contributed by atoms with Crippen molar-refractivity contribution >= 4 is 22.4 Å². The first kappa shape index (κ1) is 14.5. The number of ketones is 1. The highest BCUT2D eigenvalue weighted by Gasteiger charge is 2.30. The average Bonchev–Trinajstić information content (AvgIpc) is 2.79. The van der Waals surface area contributed by atoms with E-state index in [1.807, 2.05) is 0 Å². The molecule has 2 aliphatic heterocycles. The highest BCUT2D eigenvalue weighted by Crippen LogP contribution is 2.33. The van der Waals surface area contributed by atoms with Crippen LogP contribution in [-0.2, 0) is 6.54 Å². The van der Waals surface area contributed by atoms with Crippen LogP contribution in [0.5, 0.6) is 0 Å². The van der Waals surface area contributed by atoms with Gasteiger partial charge in [-0.2, -0.15) is 0 Å². The maximum Gasteiger partial charge on any atom is 0.185 e. The average molecular weight is 314 g/mol. The van der Waals surface area contributed by atoms with Gasteiger partial charge in [0.05, 0.1) is 5.71 Å². The predicted molar refractivity (Wildman–Crippen MR) is 87.8 cm³/mol. The summed E-state index contributed by atoms with van der Waals surface area (Å²) in [7, 11) is 4.10. The molecule has 0 amide bonds. The molecule has 0 aliphatic carbocycles. The lowest BCUT2D eigenvalue weighted by Gasteiger charge is -2.28. The van der Waals surface area contributed by atoms with Crippen LogP contribution in [0.3, 0.4) is 0 Å². The van der Waals surface area contributed by atoms with Crippen molar-refractivity contribution in [2.45, 2.75) is 6.54 Å². The molecule has 4 rings (SSSR count). The molecule has 0 saturated carbocycles. The second kappa shape index (κ2) is 5.25. The van der Waals surface area contributed by atoms with E-state index in [4.69, 9.17) is 0 Å². The van der Waals surface area contributed by atoms with Gasteiger partial charge < -0.3 is 9.88 Å². The molecular formula is C17H19FN4O. The normalized spacial score (nSPS) is 17.7. The summed E-state index contributed by atoms with van der Waals surface area (Å²) >= 11 is 0. The Labute approximate surface area is 133 Å². The molecule has 0 radical (unpaired) electrons. The Hall–Kier alpha value is -2.05. The third kappa shape index (κ3) is 2.38. The maximum atomic E-state index is 13.8. The van der Waals surface area contributed by atoms with Crippen LogP contribution in [0.2, 0.25) is 0 Å². The maximum absolute atomic E-state index is 13.8. The van der Waals surface area contributed by atoms with E-state index in [0.717, 1.165) is 48.5 Å². The molecule has 0 spiro atoms. The standard InChI is InChI=1S/C17H19FN4O/c1-21(2)3-4-22-8-13-17-14(9-22)20-12-6-10(18)5-11(16(12)17)15(23)7-19-13/h5-6,20H,3-4,7-9H2,1-2H3. The second-order valence-electron chi connectivity index (χ2n) is 6.55. The summed E-state index contributed by atoms with van der Waals surface area (Å²) in [5.41, 5.74) is 4.14. The number of Topliss-reactive ketones (excluding diaryl/α,β-unsaturated/α-hetero) is 1. The van der Waals surface area contributed by atoms with Crippen molar-refractivity contribution < 1.29 is 9.18 Å². The number of hydrogen-bond donors (Lipinski definition) is 1. The lowest BCUT2D eigenvalue weighted by Crippen LogP contribution is -2.39. The molecule has 23 heavy (non-hydrogen) atoms. The van der Waals surface area contributed by atoms with Crippen molar-refractivity contribution in [3.05, 3.63) is 34.8 Å². The lowest BCUT2D eigenvalue weighted by molar-refractivity contribution is 0.100. The summed E-state index contributed by atoms with van der Waals surface area (Å²) in [6.45, 7) is 3.49. The minimum absolute atomic E-state index is 0.101. The molecule has 0 bridgehead atoms. The van der Waals surface area contributed by atoms with Crippen molar-refractivity contribution in [1.29, 1.82) is 0 Å². The number of aliphatic imine (C=N–C) groups is 1. The van der Waals surface area contributed by atoms with E-state index < -0.39 is 0 Å². The van der Waals surface area contributed by atoms with Gasteiger partial charge in [-0.15, -0.1) is 0 Å². The Bertz CT molecular complexity index is 837. The van der Waals surface area contributed by atoms with Crippen molar-refractivity contribution in [1.82, 2.24) is 14.8 Å². The number of carbonyl (C=O) groups is 1. The SMILES string of the molecule is CN(C)CCN1CC2=NCC(=O)c3cc(F)cc4[nH]c(c2c34)C1. The highest BCUT2D eigenvalue weighted by atomic mass is 19.1. The monoisotopic (exact) mass is 314 g/mol. The molecule has 0 unspecified atom stereocenters. The molecule has 1 aromatic heterocycles. The van der Waals surface area contributed by atoms with Gasteiger partial charge in [0.15, 0.2) is 5.78 Å². The van der Waals surface area contributed by atoms with Crippen LogP contribution in [0.15, 0.2) is 17.1 Å². The fourth-order valence-electron chi connectivity index (χ4n) is 3.46. The zero-order valence-corrected chi connectivity index (χ0v) is 13.3. The van der Waals surface area contributed by atoms with E-state index >= 15 is 0 Å². The summed E-state index contributed by atoms with van der Waals surface area (Å²) in [5.74, 6) is -0.495. The van der Waals surface area contributed by atoms with Gasteiger partial charge in [-0.25, -0.2) is 4.39 Å². The molecule has 1 N–H and O–H groups in total. The molecule has 3 heterocycles.